The molecule has 0 spiro atoms. The van der Waals surface area contributed by atoms with Gasteiger partial charge >= 0.3 is 5.97 Å². The molecule has 2 aromatic rings. The number of esters is 1. The Hall–Kier alpha value is -2.96. The summed E-state index contributed by atoms with van der Waals surface area (Å²) < 4.78 is 5.03. The summed E-state index contributed by atoms with van der Waals surface area (Å²) in [6.45, 7) is 1.06. The van der Waals surface area contributed by atoms with Crippen molar-refractivity contribution in [2.45, 2.75) is 19.3 Å². The molecule has 1 aliphatic rings. The molecular weight excluding hydrogens is 332 g/mol. The van der Waals surface area contributed by atoms with E-state index in [2.05, 4.69) is 22.1 Å². The van der Waals surface area contributed by atoms with E-state index < -0.39 is 5.97 Å². The van der Waals surface area contributed by atoms with Crippen LogP contribution in [0.2, 0.25) is 0 Å². The average molecular weight is 354 g/mol. The molecule has 1 fully saturated rings. The van der Waals surface area contributed by atoms with Gasteiger partial charge in [0, 0.05) is 25.5 Å². The maximum absolute atomic E-state index is 12.3. The van der Waals surface area contributed by atoms with Gasteiger partial charge in [-0.3, -0.25) is 4.79 Å². The van der Waals surface area contributed by atoms with Crippen molar-refractivity contribution in [3.63, 3.8) is 0 Å². The summed E-state index contributed by atoms with van der Waals surface area (Å²) in [4.78, 5) is 33.6. The summed E-state index contributed by atoms with van der Waals surface area (Å²) in [6.07, 6.45) is 5.67. The molecule has 1 aromatic heterocycles. The zero-order valence-electron chi connectivity index (χ0n) is 14.5. The summed E-state index contributed by atoms with van der Waals surface area (Å²) >= 11 is 0. The van der Waals surface area contributed by atoms with Crippen molar-refractivity contribution >= 4 is 17.7 Å². The lowest BCUT2D eigenvalue weighted by molar-refractivity contribution is -0.135. The zero-order chi connectivity index (χ0) is 18.4. The predicted octanol–water partition coefficient (Wildman–Crippen LogP) is 1.70. The maximum atomic E-state index is 12.3. The molecule has 0 unspecified atom stereocenters. The van der Waals surface area contributed by atoms with E-state index in [0.717, 1.165) is 19.3 Å². The van der Waals surface area contributed by atoms with Crippen LogP contribution >= 0.6 is 0 Å². The van der Waals surface area contributed by atoms with Crippen LogP contribution in [0.25, 0.3) is 0 Å². The second kappa shape index (κ2) is 8.42. The average Bonchev–Trinajstić information content (AvgIpc) is 2.67. The minimum absolute atomic E-state index is 0.00771. The molecule has 7 nitrogen and oxygen atoms in total. The monoisotopic (exact) mass is 354 g/mol. The highest BCUT2D eigenvalue weighted by molar-refractivity contribution is 5.93. The van der Waals surface area contributed by atoms with Gasteiger partial charge < -0.3 is 15.4 Å². The molecule has 3 rings (SSSR count). The fourth-order valence-corrected chi connectivity index (χ4v) is 3.13. The number of anilines is 1. The van der Waals surface area contributed by atoms with Gasteiger partial charge in [0.15, 0.2) is 18.1 Å². The van der Waals surface area contributed by atoms with Gasteiger partial charge in [0.1, 0.15) is 0 Å². The van der Waals surface area contributed by atoms with Gasteiger partial charge in [-0.25, -0.2) is 14.8 Å². The molecule has 0 aliphatic carbocycles. The van der Waals surface area contributed by atoms with Crippen molar-refractivity contribution in [3.8, 4) is 0 Å². The Morgan fingerprint density at radius 3 is 2.50 bits per heavy atom. The number of nitrogens with zero attached hydrogens (tertiary/aromatic N) is 3. The number of nitrogen functional groups attached to an aromatic ring is 1. The van der Waals surface area contributed by atoms with Crippen LogP contribution in [0.1, 0.15) is 28.9 Å². The standard InChI is InChI=1S/C19H22N4O3/c20-18-17(21-8-9-22-18)19(25)26-13-16(24)23-10-6-15(7-11-23)12-14-4-2-1-3-5-14/h1-5,8-9,15H,6-7,10-13H2,(H2,20,22). The first-order chi connectivity index (χ1) is 12.6. The van der Waals surface area contributed by atoms with Gasteiger partial charge in [0.2, 0.25) is 0 Å². The van der Waals surface area contributed by atoms with E-state index in [1.54, 1.807) is 4.90 Å². The van der Waals surface area contributed by atoms with Gasteiger partial charge in [-0.2, -0.15) is 0 Å². The Morgan fingerprint density at radius 1 is 1.12 bits per heavy atom. The van der Waals surface area contributed by atoms with Crippen molar-refractivity contribution in [2.24, 2.45) is 5.92 Å². The molecule has 1 saturated heterocycles. The summed E-state index contributed by atoms with van der Waals surface area (Å²) in [6, 6.07) is 10.4. The second-order valence-electron chi connectivity index (χ2n) is 6.38. The molecule has 2 heterocycles. The highest BCUT2D eigenvalue weighted by Crippen LogP contribution is 2.21. The molecule has 1 amide bonds. The fraction of sp³-hybridized carbons (Fsp3) is 0.368. The Labute approximate surface area is 152 Å². The molecule has 0 saturated carbocycles. The third kappa shape index (κ3) is 4.56. The van der Waals surface area contributed by atoms with Crippen LogP contribution in [-0.2, 0) is 16.0 Å². The molecular formula is C19H22N4O3. The number of hydrogen-bond donors (Lipinski definition) is 1. The number of likely N-dealkylation sites (tertiary alicyclic amines) is 1. The molecule has 0 bridgehead atoms. The summed E-state index contributed by atoms with van der Waals surface area (Å²) in [5, 5.41) is 0. The Balaban J connectivity index is 1.44. The van der Waals surface area contributed by atoms with Crippen LogP contribution in [-0.4, -0.2) is 46.4 Å². The molecule has 2 N–H and O–H groups in total. The van der Waals surface area contributed by atoms with Crippen LogP contribution in [0, 0.1) is 5.92 Å². The Kier molecular flexibility index (Phi) is 5.78. The number of carbonyl (C=O) groups excluding carboxylic acids is 2. The zero-order valence-corrected chi connectivity index (χ0v) is 14.5. The van der Waals surface area contributed by atoms with Crippen LogP contribution in [0.3, 0.4) is 0 Å². The summed E-state index contributed by atoms with van der Waals surface area (Å²) in [7, 11) is 0. The molecule has 7 heteroatoms. The lowest BCUT2D eigenvalue weighted by Gasteiger charge is -2.32. The van der Waals surface area contributed by atoms with Crippen LogP contribution in [0.5, 0.6) is 0 Å². The van der Waals surface area contributed by atoms with E-state index in [1.165, 1.54) is 18.0 Å². The predicted molar refractivity (Wildman–Crippen MR) is 96.2 cm³/mol. The summed E-state index contributed by atoms with van der Waals surface area (Å²) in [5.74, 6) is -0.364. The Bertz CT molecular complexity index is 758. The molecule has 1 aliphatic heterocycles. The number of benzene rings is 1. The van der Waals surface area contributed by atoms with Crippen LogP contribution in [0.4, 0.5) is 5.82 Å². The van der Waals surface area contributed by atoms with Gasteiger partial charge in [-0.1, -0.05) is 30.3 Å². The van der Waals surface area contributed by atoms with Crippen LogP contribution < -0.4 is 5.73 Å². The lowest BCUT2D eigenvalue weighted by atomic mass is 9.90. The minimum atomic E-state index is -0.733. The van der Waals surface area contributed by atoms with Crippen molar-refractivity contribution < 1.29 is 14.3 Å². The van der Waals surface area contributed by atoms with Gasteiger partial charge in [0.05, 0.1) is 0 Å². The smallest absolute Gasteiger partial charge is 0.361 e. The molecule has 1 aromatic carbocycles. The van der Waals surface area contributed by atoms with E-state index in [0.29, 0.717) is 19.0 Å². The second-order valence-corrected chi connectivity index (χ2v) is 6.38. The van der Waals surface area contributed by atoms with E-state index in [1.807, 2.05) is 18.2 Å². The van der Waals surface area contributed by atoms with E-state index in [-0.39, 0.29) is 24.0 Å². The molecule has 26 heavy (non-hydrogen) atoms. The lowest BCUT2D eigenvalue weighted by Crippen LogP contribution is -2.41. The van der Waals surface area contributed by atoms with E-state index in [4.69, 9.17) is 10.5 Å². The highest BCUT2D eigenvalue weighted by atomic mass is 16.5. The maximum Gasteiger partial charge on any atom is 0.361 e. The normalized spacial score (nSPS) is 14.8. The third-order valence-corrected chi connectivity index (χ3v) is 4.58. The number of carbonyl (C=O) groups is 2. The van der Waals surface area contributed by atoms with Crippen molar-refractivity contribution in [1.82, 2.24) is 14.9 Å². The van der Waals surface area contributed by atoms with Gasteiger partial charge in [0.25, 0.3) is 5.91 Å². The molecule has 0 radical (unpaired) electrons. The number of hydrogen-bond acceptors (Lipinski definition) is 6. The minimum Gasteiger partial charge on any atom is -0.451 e. The number of piperidine rings is 1. The molecule has 0 atom stereocenters. The van der Waals surface area contributed by atoms with Gasteiger partial charge in [-0.15, -0.1) is 0 Å². The summed E-state index contributed by atoms with van der Waals surface area (Å²) in [5.41, 5.74) is 6.84. The number of aromatic nitrogens is 2. The number of ether oxygens (including phenoxy) is 1. The van der Waals surface area contributed by atoms with E-state index >= 15 is 0 Å². The molecule has 136 valence electrons. The van der Waals surface area contributed by atoms with Gasteiger partial charge in [-0.05, 0) is 30.7 Å². The SMILES string of the molecule is Nc1nccnc1C(=O)OCC(=O)N1CCC(Cc2ccccc2)CC1. The quantitative estimate of drug-likeness (QED) is 0.821. The number of rotatable bonds is 5. The van der Waals surface area contributed by atoms with Crippen molar-refractivity contribution in [1.29, 1.82) is 0 Å². The largest absolute Gasteiger partial charge is 0.451 e. The first kappa shape index (κ1) is 17.8. The topological polar surface area (TPSA) is 98.4 Å². The third-order valence-electron chi connectivity index (χ3n) is 4.58. The highest BCUT2D eigenvalue weighted by Gasteiger charge is 2.24. The van der Waals surface area contributed by atoms with Crippen molar-refractivity contribution in [3.05, 3.63) is 54.0 Å². The first-order valence-electron chi connectivity index (χ1n) is 8.69. The first-order valence-corrected chi connectivity index (χ1v) is 8.69. The fourth-order valence-electron chi connectivity index (χ4n) is 3.13. The van der Waals surface area contributed by atoms with Crippen LogP contribution in [0.15, 0.2) is 42.7 Å². The number of amides is 1. The van der Waals surface area contributed by atoms with Crippen molar-refractivity contribution in [2.75, 3.05) is 25.4 Å². The number of nitrogens with two attached hydrogens (primary N) is 1. The van der Waals surface area contributed by atoms with E-state index in [9.17, 15) is 9.59 Å². The Morgan fingerprint density at radius 2 is 1.81 bits per heavy atom.